The molecular formula is C11H19N. The van der Waals surface area contributed by atoms with Gasteiger partial charge in [-0.1, -0.05) is 32.3 Å². The molecule has 0 amide bonds. The van der Waals surface area contributed by atoms with Crippen molar-refractivity contribution in [2.45, 2.75) is 52.4 Å². The minimum Gasteiger partial charge on any atom is -0.193 e. The Balaban J connectivity index is 3.72. The van der Waals surface area contributed by atoms with Crippen LogP contribution in [-0.4, -0.2) is 0 Å². The van der Waals surface area contributed by atoms with Crippen LogP contribution in [0.1, 0.15) is 52.4 Å². The summed E-state index contributed by atoms with van der Waals surface area (Å²) in [5.74, 6) is 0. The van der Waals surface area contributed by atoms with Crippen LogP contribution in [0, 0.1) is 11.3 Å². The molecule has 0 aliphatic rings. The van der Waals surface area contributed by atoms with Crippen LogP contribution in [-0.2, 0) is 0 Å². The molecule has 1 nitrogen and oxygen atoms in total. The number of hydrogen-bond acceptors (Lipinski definition) is 1. The average molecular weight is 165 g/mol. The van der Waals surface area contributed by atoms with E-state index in [-0.39, 0.29) is 0 Å². The summed E-state index contributed by atoms with van der Waals surface area (Å²) in [6, 6.07) is 2.12. The molecule has 0 aliphatic heterocycles. The summed E-state index contributed by atoms with van der Waals surface area (Å²) in [6.45, 7) is 4.37. The fourth-order valence-corrected chi connectivity index (χ4v) is 1.17. The molecular weight excluding hydrogens is 146 g/mol. The molecule has 0 aromatic rings. The van der Waals surface area contributed by atoms with Crippen LogP contribution in [0.25, 0.3) is 0 Å². The zero-order chi connectivity index (χ0) is 9.23. The zero-order valence-electron chi connectivity index (χ0n) is 8.27. The molecule has 0 fully saturated rings. The topological polar surface area (TPSA) is 23.8 Å². The number of nitriles is 1. The minimum atomic E-state index is 1.12. The van der Waals surface area contributed by atoms with Crippen molar-refractivity contribution in [2.24, 2.45) is 0 Å². The van der Waals surface area contributed by atoms with Crippen LogP contribution in [0.4, 0.5) is 0 Å². The van der Waals surface area contributed by atoms with Gasteiger partial charge in [-0.05, 0) is 25.7 Å². The molecule has 0 saturated heterocycles. The Morgan fingerprint density at radius 3 is 2.00 bits per heavy atom. The van der Waals surface area contributed by atoms with Gasteiger partial charge in [0.1, 0.15) is 0 Å². The van der Waals surface area contributed by atoms with E-state index in [1.165, 1.54) is 31.3 Å². The first-order chi connectivity index (χ1) is 5.85. The van der Waals surface area contributed by atoms with E-state index in [1.807, 2.05) is 0 Å². The van der Waals surface area contributed by atoms with Crippen molar-refractivity contribution in [1.29, 1.82) is 5.26 Å². The monoisotopic (exact) mass is 165 g/mol. The first-order valence-electron chi connectivity index (χ1n) is 4.92. The quantitative estimate of drug-likeness (QED) is 0.549. The lowest BCUT2D eigenvalue weighted by atomic mass is 10.0. The van der Waals surface area contributed by atoms with Crippen LogP contribution in [0.3, 0.4) is 0 Å². The molecule has 0 rings (SSSR count). The second kappa shape index (κ2) is 8.33. The highest BCUT2D eigenvalue weighted by atomic mass is 14.2. The van der Waals surface area contributed by atoms with Gasteiger partial charge in [0.15, 0.2) is 0 Å². The summed E-state index contributed by atoms with van der Waals surface area (Å²) < 4.78 is 0. The SMILES string of the molecule is CCCCC(=CC#N)CCCC. The maximum Gasteiger partial charge on any atom is 0.0911 e. The number of nitrogens with zero attached hydrogens (tertiary/aromatic N) is 1. The minimum absolute atomic E-state index is 1.12. The third-order valence-corrected chi connectivity index (χ3v) is 1.97. The molecule has 0 aromatic heterocycles. The van der Waals surface area contributed by atoms with Gasteiger partial charge in [-0.15, -0.1) is 0 Å². The summed E-state index contributed by atoms with van der Waals surface area (Å²) in [7, 11) is 0. The van der Waals surface area contributed by atoms with Gasteiger partial charge in [0, 0.05) is 6.08 Å². The fourth-order valence-electron chi connectivity index (χ4n) is 1.17. The summed E-state index contributed by atoms with van der Waals surface area (Å²) in [5.41, 5.74) is 1.33. The lowest BCUT2D eigenvalue weighted by Gasteiger charge is -2.03. The number of allylic oxidation sites excluding steroid dienone is 2. The normalized spacial score (nSPS) is 9.08. The number of rotatable bonds is 6. The van der Waals surface area contributed by atoms with Gasteiger partial charge >= 0.3 is 0 Å². The summed E-state index contributed by atoms with van der Waals surface area (Å²) in [5, 5.41) is 8.51. The van der Waals surface area contributed by atoms with Crippen molar-refractivity contribution < 1.29 is 0 Å². The molecule has 0 heterocycles. The Morgan fingerprint density at radius 1 is 1.17 bits per heavy atom. The standard InChI is InChI=1S/C11H19N/c1-3-5-7-11(9-10-12)8-6-4-2/h9H,3-8H2,1-2H3. The van der Waals surface area contributed by atoms with E-state index in [1.54, 1.807) is 6.08 Å². The highest BCUT2D eigenvalue weighted by Gasteiger charge is 1.95. The van der Waals surface area contributed by atoms with E-state index < -0.39 is 0 Å². The Labute approximate surface area is 76.1 Å². The Bertz CT molecular complexity index is 152. The highest BCUT2D eigenvalue weighted by molar-refractivity contribution is 5.13. The lowest BCUT2D eigenvalue weighted by Crippen LogP contribution is -1.84. The molecule has 0 unspecified atom stereocenters. The molecule has 0 saturated carbocycles. The van der Waals surface area contributed by atoms with Crippen LogP contribution in [0.15, 0.2) is 11.6 Å². The molecule has 68 valence electrons. The zero-order valence-corrected chi connectivity index (χ0v) is 8.27. The molecule has 1 heteroatoms. The lowest BCUT2D eigenvalue weighted by molar-refractivity contribution is 0.713. The van der Waals surface area contributed by atoms with Gasteiger partial charge in [-0.25, -0.2) is 0 Å². The van der Waals surface area contributed by atoms with Crippen LogP contribution in [0.5, 0.6) is 0 Å². The van der Waals surface area contributed by atoms with Gasteiger partial charge in [0.2, 0.25) is 0 Å². The smallest absolute Gasteiger partial charge is 0.0911 e. The maximum absolute atomic E-state index is 8.51. The molecule has 0 aliphatic carbocycles. The van der Waals surface area contributed by atoms with Crippen molar-refractivity contribution >= 4 is 0 Å². The highest BCUT2D eigenvalue weighted by Crippen LogP contribution is 2.14. The van der Waals surface area contributed by atoms with Crippen molar-refractivity contribution in [2.75, 3.05) is 0 Å². The Kier molecular flexibility index (Phi) is 7.79. The van der Waals surface area contributed by atoms with E-state index in [0.29, 0.717) is 0 Å². The first-order valence-corrected chi connectivity index (χ1v) is 4.92. The summed E-state index contributed by atoms with van der Waals surface area (Å²) >= 11 is 0. The van der Waals surface area contributed by atoms with E-state index in [2.05, 4.69) is 19.9 Å². The predicted molar refractivity (Wildman–Crippen MR) is 52.7 cm³/mol. The molecule has 12 heavy (non-hydrogen) atoms. The van der Waals surface area contributed by atoms with Crippen LogP contribution in [0.2, 0.25) is 0 Å². The second-order valence-electron chi connectivity index (χ2n) is 3.14. The van der Waals surface area contributed by atoms with Gasteiger partial charge in [0.25, 0.3) is 0 Å². The molecule has 0 radical (unpaired) electrons. The van der Waals surface area contributed by atoms with E-state index in [0.717, 1.165) is 12.8 Å². The third kappa shape index (κ3) is 5.97. The fraction of sp³-hybridized carbons (Fsp3) is 0.727. The Morgan fingerprint density at radius 2 is 1.67 bits per heavy atom. The van der Waals surface area contributed by atoms with E-state index >= 15 is 0 Å². The van der Waals surface area contributed by atoms with E-state index in [9.17, 15) is 0 Å². The van der Waals surface area contributed by atoms with Crippen molar-refractivity contribution in [3.63, 3.8) is 0 Å². The molecule has 0 aromatic carbocycles. The second-order valence-corrected chi connectivity index (χ2v) is 3.14. The van der Waals surface area contributed by atoms with Crippen LogP contribution >= 0.6 is 0 Å². The molecule has 0 spiro atoms. The Hall–Kier alpha value is -0.770. The first kappa shape index (κ1) is 11.2. The number of hydrogen-bond donors (Lipinski definition) is 0. The van der Waals surface area contributed by atoms with Gasteiger partial charge in [-0.3, -0.25) is 0 Å². The molecule has 0 atom stereocenters. The average Bonchev–Trinajstić information content (AvgIpc) is 2.10. The van der Waals surface area contributed by atoms with Crippen molar-refractivity contribution in [3.05, 3.63) is 11.6 Å². The van der Waals surface area contributed by atoms with E-state index in [4.69, 9.17) is 5.26 Å². The maximum atomic E-state index is 8.51. The third-order valence-electron chi connectivity index (χ3n) is 1.97. The molecule has 0 N–H and O–H groups in total. The van der Waals surface area contributed by atoms with Crippen LogP contribution < -0.4 is 0 Å². The van der Waals surface area contributed by atoms with Crippen molar-refractivity contribution in [1.82, 2.24) is 0 Å². The summed E-state index contributed by atoms with van der Waals surface area (Å²) in [6.07, 6.45) is 8.83. The van der Waals surface area contributed by atoms with Gasteiger partial charge < -0.3 is 0 Å². The van der Waals surface area contributed by atoms with Gasteiger partial charge in [0.05, 0.1) is 6.07 Å². The summed E-state index contributed by atoms with van der Waals surface area (Å²) in [4.78, 5) is 0. The molecule has 0 bridgehead atoms. The van der Waals surface area contributed by atoms with Crippen molar-refractivity contribution in [3.8, 4) is 6.07 Å². The number of unbranched alkanes of at least 4 members (excludes halogenated alkanes) is 2. The largest absolute Gasteiger partial charge is 0.193 e. The van der Waals surface area contributed by atoms with Gasteiger partial charge in [-0.2, -0.15) is 5.26 Å². The predicted octanol–water partition coefficient (Wildman–Crippen LogP) is 3.82.